The molecule has 0 aromatic heterocycles. The van der Waals surface area contributed by atoms with Crippen molar-refractivity contribution in [2.75, 3.05) is 18.6 Å². The number of alkyl halides is 3. The Balaban J connectivity index is 2.20. The van der Waals surface area contributed by atoms with Crippen molar-refractivity contribution in [3.05, 3.63) is 24.3 Å². The first-order valence-corrected chi connectivity index (χ1v) is 5.82. The monoisotopic (exact) mass is 304 g/mol. The van der Waals surface area contributed by atoms with Crippen LogP contribution < -0.4 is 15.0 Å². The number of benzene rings is 1. The van der Waals surface area contributed by atoms with Crippen LogP contribution in [0.4, 0.5) is 23.7 Å². The molecular weight excluding hydrogens is 293 g/mol. The lowest BCUT2D eigenvalue weighted by Crippen LogP contribution is -2.58. The number of amides is 3. The predicted octanol–water partition coefficient (Wildman–Crippen LogP) is 1.66. The van der Waals surface area contributed by atoms with Crippen LogP contribution in [0, 0.1) is 0 Å². The number of nitrogens with zero attached hydrogens (tertiary/aromatic N) is 1. The van der Waals surface area contributed by atoms with Crippen molar-refractivity contribution in [3.63, 3.8) is 0 Å². The molecule has 1 N–H and O–H groups in total. The molecule has 1 fully saturated rings. The van der Waals surface area contributed by atoms with E-state index in [2.05, 4.69) is 10.1 Å². The number of hydrogen-bond acceptors (Lipinski definition) is 4. The predicted molar refractivity (Wildman–Crippen MR) is 64.8 cm³/mol. The average molecular weight is 304 g/mol. The zero-order valence-electron chi connectivity index (χ0n) is 10.8. The number of nitrogens with one attached hydrogen (secondary N) is 1. The van der Waals surface area contributed by atoms with Gasteiger partial charge in [0.05, 0.1) is 12.2 Å². The van der Waals surface area contributed by atoms with Gasteiger partial charge < -0.3 is 14.8 Å². The number of urea groups is 1. The van der Waals surface area contributed by atoms with Crippen LogP contribution in [0.15, 0.2) is 24.3 Å². The summed E-state index contributed by atoms with van der Waals surface area (Å²) in [4.78, 5) is 24.5. The third-order valence-corrected chi connectivity index (χ3v) is 2.75. The van der Waals surface area contributed by atoms with Gasteiger partial charge in [-0.05, 0) is 24.3 Å². The van der Waals surface area contributed by atoms with E-state index >= 15 is 0 Å². The molecule has 1 aromatic rings. The Morgan fingerprint density at radius 1 is 1.24 bits per heavy atom. The van der Waals surface area contributed by atoms with E-state index in [-0.39, 0.29) is 12.2 Å². The summed E-state index contributed by atoms with van der Waals surface area (Å²) < 4.78 is 44.8. The number of carbonyl (C=O) groups is 2. The highest BCUT2D eigenvalue weighted by Gasteiger charge is 2.35. The van der Waals surface area contributed by atoms with Crippen LogP contribution in [0.1, 0.15) is 0 Å². The number of rotatable bonds is 3. The van der Waals surface area contributed by atoms with E-state index < -0.39 is 30.2 Å². The summed E-state index contributed by atoms with van der Waals surface area (Å²) in [6.07, 6.45) is -5.64. The first-order chi connectivity index (χ1) is 9.81. The van der Waals surface area contributed by atoms with E-state index in [9.17, 15) is 22.8 Å². The molecule has 1 aliphatic heterocycles. The van der Waals surface area contributed by atoms with Gasteiger partial charge in [-0.25, -0.2) is 9.69 Å². The molecule has 21 heavy (non-hydrogen) atoms. The fourth-order valence-electron chi connectivity index (χ4n) is 1.82. The van der Waals surface area contributed by atoms with Gasteiger partial charge in [0.1, 0.15) is 5.75 Å². The SMILES string of the molecule is COC1CNC(=O)N(c2ccc(OC(F)(F)F)cc2)C1=O. The molecule has 0 saturated carbocycles. The molecule has 0 bridgehead atoms. The van der Waals surface area contributed by atoms with Gasteiger partial charge >= 0.3 is 12.4 Å². The summed E-state index contributed by atoms with van der Waals surface area (Å²) >= 11 is 0. The van der Waals surface area contributed by atoms with E-state index in [1.165, 1.54) is 19.2 Å². The van der Waals surface area contributed by atoms with Crippen molar-refractivity contribution in [2.24, 2.45) is 0 Å². The average Bonchev–Trinajstić information content (AvgIpc) is 2.39. The Labute approximate surface area is 117 Å². The molecule has 6 nitrogen and oxygen atoms in total. The van der Waals surface area contributed by atoms with E-state index in [1.54, 1.807) is 0 Å². The van der Waals surface area contributed by atoms with Gasteiger partial charge in [-0.15, -0.1) is 13.2 Å². The maximum Gasteiger partial charge on any atom is 0.573 e. The highest BCUT2D eigenvalue weighted by molar-refractivity contribution is 6.17. The first kappa shape index (κ1) is 15.1. The lowest BCUT2D eigenvalue weighted by molar-refractivity contribution is -0.274. The van der Waals surface area contributed by atoms with Crippen molar-refractivity contribution in [1.82, 2.24) is 5.32 Å². The molecule has 1 saturated heterocycles. The zero-order valence-corrected chi connectivity index (χ0v) is 10.8. The Morgan fingerprint density at radius 3 is 2.38 bits per heavy atom. The summed E-state index contributed by atoms with van der Waals surface area (Å²) in [5.41, 5.74) is 0.119. The number of ether oxygens (including phenoxy) is 2. The molecule has 1 heterocycles. The van der Waals surface area contributed by atoms with Crippen LogP contribution in [0.3, 0.4) is 0 Å². The fraction of sp³-hybridized carbons (Fsp3) is 0.333. The molecule has 0 spiro atoms. The van der Waals surface area contributed by atoms with E-state index in [0.29, 0.717) is 0 Å². The zero-order chi connectivity index (χ0) is 15.6. The molecule has 114 valence electrons. The maximum absolute atomic E-state index is 12.1. The Kier molecular flexibility index (Phi) is 4.03. The topological polar surface area (TPSA) is 67.9 Å². The summed E-state index contributed by atoms with van der Waals surface area (Å²) in [7, 11) is 1.32. The van der Waals surface area contributed by atoms with Crippen LogP contribution in [-0.4, -0.2) is 38.1 Å². The Morgan fingerprint density at radius 2 is 1.86 bits per heavy atom. The van der Waals surface area contributed by atoms with Crippen molar-refractivity contribution in [1.29, 1.82) is 0 Å². The van der Waals surface area contributed by atoms with Gasteiger partial charge in [0, 0.05) is 7.11 Å². The fourth-order valence-corrected chi connectivity index (χ4v) is 1.82. The van der Waals surface area contributed by atoms with Crippen molar-refractivity contribution < 1.29 is 32.2 Å². The van der Waals surface area contributed by atoms with Crippen LogP contribution in [0.5, 0.6) is 5.75 Å². The number of imide groups is 1. The summed E-state index contributed by atoms with van der Waals surface area (Å²) in [5.74, 6) is -1.04. The van der Waals surface area contributed by atoms with E-state index in [4.69, 9.17) is 4.74 Å². The second-order valence-electron chi connectivity index (χ2n) is 4.13. The van der Waals surface area contributed by atoms with Gasteiger partial charge in [-0.1, -0.05) is 0 Å². The van der Waals surface area contributed by atoms with Crippen LogP contribution in [0.25, 0.3) is 0 Å². The number of anilines is 1. The highest BCUT2D eigenvalue weighted by Crippen LogP contribution is 2.26. The summed E-state index contributed by atoms with van der Waals surface area (Å²) in [6.45, 7) is 0.0416. The first-order valence-electron chi connectivity index (χ1n) is 5.82. The van der Waals surface area contributed by atoms with Gasteiger partial charge in [-0.2, -0.15) is 0 Å². The van der Waals surface area contributed by atoms with Crippen molar-refractivity contribution >= 4 is 17.6 Å². The molecule has 1 aromatic carbocycles. The second-order valence-corrected chi connectivity index (χ2v) is 4.13. The number of methoxy groups -OCH3 is 1. The van der Waals surface area contributed by atoms with Crippen LogP contribution in [0.2, 0.25) is 0 Å². The third kappa shape index (κ3) is 3.43. The number of hydrogen-bond donors (Lipinski definition) is 1. The minimum absolute atomic E-state index is 0.0416. The lowest BCUT2D eigenvalue weighted by Gasteiger charge is -2.30. The Bertz CT molecular complexity index is 544. The molecular formula is C12H11F3N2O4. The molecule has 0 aliphatic carbocycles. The van der Waals surface area contributed by atoms with Gasteiger partial charge in [0.2, 0.25) is 0 Å². The van der Waals surface area contributed by atoms with E-state index in [1.807, 2.05) is 0 Å². The van der Waals surface area contributed by atoms with Crippen molar-refractivity contribution in [3.8, 4) is 5.75 Å². The molecule has 1 aliphatic rings. The standard InChI is InChI=1S/C12H11F3N2O4/c1-20-9-6-16-11(19)17(10(9)18)7-2-4-8(5-3-7)21-12(13,14)15/h2-5,9H,6H2,1H3,(H,16,19). The van der Waals surface area contributed by atoms with Crippen LogP contribution in [-0.2, 0) is 9.53 Å². The maximum atomic E-state index is 12.1. The quantitative estimate of drug-likeness (QED) is 0.922. The summed E-state index contributed by atoms with van der Waals surface area (Å²) in [6, 6.07) is 3.71. The number of carbonyl (C=O) groups excluding carboxylic acids is 2. The van der Waals surface area contributed by atoms with E-state index in [0.717, 1.165) is 17.0 Å². The third-order valence-electron chi connectivity index (χ3n) is 2.75. The molecule has 1 unspecified atom stereocenters. The minimum Gasteiger partial charge on any atom is -0.406 e. The molecule has 1 atom stereocenters. The number of halogens is 3. The molecule has 3 amide bonds. The van der Waals surface area contributed by atoms with Crippen molar-refractivity contribution in [2.45, 2.75) is 12.5 Å². The lowest BCUT2D eigenvalue weighted by atomic mass is 10.2. The Hall–Kier alpha value is -2.29. The van der Waals surface area contributed by atoms with Gasteiger partial charge in [-0.3, -0.25) is 4.79 Å². The van der Waals surface area contributed by atoms with Crippen LogP contribution >= 0.6 is 0 Å². The molecule has 9 heteroatoms. The minimum atomic E-state index is -4.80. The second kappa shape index (κ2) is 5.60. The normalized spacial score (nSPS) is 19.4. The van der Waals surface area contributed by atoms with Gasteiger partial charge in [0.15, 0.2) is 6.10 Å². The highest BCUT2D eigenvalue weighted by atomic mass is 19.4. The van der Waals surface area contributed by atoms with Gasteiger partial charge in [0.25, 0.3) is 5.91 Å². The largest absolute Gasteiger partial charge is 0.573 e. The molecule has 2 rings (SSSR count). The smallest absolute Gasteiger partial charge is 0.406 e. The summed E-state index contributed by atoms with van der Waals surface area (Å²) in [5, 5.41) is 2.44. The molecule has 0 radical (unpaired) electrons.